The zero-order valence-corrected chi connectivity index (χ0v) is 10.7. The van der Waals surface area contributed by atoms with Crippen LogP contribution in [-0.4, -0.2) is 4.98 Å². The van der Waals surface area contributed by atoms with E-state index in [0.717, 1.165) is 22.3 Å². The summed E-state index contributed by atoms with van der Waals surface area (Å²) in [7, 11) is 0. The first-order valence-corrected chi connectivity index (χ1v) is 6.24. The summed E-state index contributed by atoms with van der Waals surface area (Å²) in [5.41, 5.74) is 1.67. The summed E-state index contributed by atoms with van der Waals surface area (Å²) in [6.45, 7) is 0.401. The molecule has 1 aromatic heterocycles. The predicted molar refractivity (Wildman–Crippen MR) is 74.0 cm³/mol. The second-order valence-electron chi connectivity index (χ2n) is 4.27. The Morgan fingerprint density at radius 2 is 1.84 bits per heavy atom. The lowest BCUT2D eigenvalue weighted by Crippen LogP contribution is -1.94. The summed E-state index contributed by atoms with van der Waals surface area (Å²) in [6.07, 6.45) is 0. The van der Waals surface area contributed by atoms with Crippen molar-refractivity contribution >= 4 is 22.5 Å². The van der Waals surface area contributed by atoms with Gasteiger partial charge in [0.15, 0.2) is 0 Å². The van der Waals surface area contributed by atoms with Crippen molar-refractivity contribution in [1.29, 1.82) is 0 Å². The van der Waals surface area contributed by atoms with Crippen LogP contribution >= 0.6 is 11.6 Å². The highest BCUT2D eigenvalue weighted by atomic mass is 35.5. The molecule has 0 radical (unpaired) electrons. The smallest absolute Gasteiger partial charge is 0.128 e. The molecule has 0 fully saturated rings. The third-order valence-electron chi connectivity index (χ3n) is 2.85. The average molecular weight is 276 g/mol. The van der Waals surface area contributed by atoms with Crippen molar-refractivity contribution in [3.05, 3.63) is 65.1 Å². The molecular weight excluding hydrogens is 265 g/mol. The summed E-state index contributed by atoms with van der Waals surface area (Å²) in [4.78, 5) is 3.13. The average Bonchev–Trinajstić information content (AvgIpc) is 2.80. The highest BCUT2D eigenvalue weighted by molar-refractivity contribution is 6.30. The minimum atomic E-state index is -0.250. The Balaban J connectivity index is 1.76. The molecule has 0 aliphatic carbocycles. The van der Waals surface area contributed by atoms with Crippen LogP contribution in [0.1, 0.15) is 5.69 Å². The van der Waals surface area contributed by atoms with Crippen LogP contribution < -0.4 is 4.74 Å². The van der Waals surface area contributed by atoms with Gasteiger partial charge in [-0.25, -0.2) is 4.39 Å². The van der Waals surface area contributed by atoms with Gasteiger partial charge in [0.05, 0.1) is 5.69 Å². The molecule has 2 aromatic carbocycles. The molecule has 3 aromatic rings. The first-order chi connectivity index (χ1) is 9.20. The zero-order valence-electron chi connectivity index (χ0n) is 9.99. The third kappa shape index (κ3) is 2.71. The molecule has 0 saturated carbocycles. The van der Waals surface area contributed by atoms with Gasteiger partial charge in [0, 0.05) is 10.5 Å². The predicted octanol–water partition coefficient (Wildman–Crippen LogP) is 4.54. The molecule has 0 unspecified atom stereocenters. The van der Waals surface area contributed by atoms with Gasteiger partial charge >= 0.3 is 0 Å². The second-order valence-corrected chi connectivity index (χ2v) is 4.71. The Bertz CT molecular complexity index is 706. The number of hydrogen-bond donors (Lipinski definition) is 1. The maximum absolute atomic E-state index is 13.1. The van der Waals surface area contributed by atoms with Gasteiger partial charge in [0.1, 0.15) is 18.2 Å². The maximum atomic E-state index is 13.1. The van der Waals surface area contributed by atoms with E-state index in [9.17, 15) is 4.39 Å². The van der Waals surface area contributed by atoms with E-state index in [1.807, 2.05) is 18.2 Å². The number of ether oxygens (including phenoxy) is 1. The van der Waals surface area contributed by atoms with E-state index in [0.29, 0.717) is 11.6 Å². The van der Waals surface area contributed by atoms with E-state index in [4.69, 9.17) is 16.3 Å². The molecule has 0 amide bonds. The van der Waals surface area contributed by atoms with Crippen molar-refractivity contribution in [1.82, 2.24) is 4.98 Å². The van der Waals surface area contributed by atoms with Crippen molar-refractivity contribution in [2.75, 3.05) is 0 Å². The fourth-order valence-electron chi connectivity index (χ4n) is 1.93. The number of hydrogen-bond acceptors (Lipinski definition) is 1. The van der Waals surface area contributed by atoms with E-state index in [1.54, 1.807) is 18.2 Å². The third-order valence-corrected chi connectivity index (χ3v) is 3.10. The summed E-state index contributed by atoms with van der Waals surface area (Å²) < 4.78 is 18.7. The standard InChI is InChI=1S/C15H11ClFNO/c16-11-2-5-14(6-3-11)19-9-13-7-10-1-4-12(17)8-15(10)18-13/h1-8,18H,9H2. The van der Waals surface area contributed by atoms with Gasteiger partial charge in [-0.05, 0) is 53.9 Å². The Morgan fingerprint density at radius 1 is 1.05 bits per heavy atom. The quantitative estimate of drug-likeness (QED) is 0.746. The highest BCUT2D eigenvalue weighted by Gasteiger charge is 2.03. The topological polar surface area (TPSA) is 25.0 Å². The summed E-state index contributed by atoms with van der Waals surface area (Å²) in [6, 6.07) is 13.8. The number of rotatable bonds is 3. The second kappa shape index (κ2) is 4.94. The molecule has 0 atom stereocenters. The van der Waals surface area contributed by atoms with Crippen LogP contribution in [-0.2, 0) is 6.61 Å². The normalized spacial score (nSPS) is 10.8. The van der Waals surface area contributed by atoms with E-state index in [-0.39, 0.29) is 5.82 Å². The molecule has 19 heavy (non-hydrogen) atoms. The number of halogens is 2. The lowest BCUT2D eigenvalue weighted by atomic mass is 10.2. The fraction of sp³-hybridized carbons (Fsp3) is 0.0667. The van der Waals surface area contributed by atoms with E-state index < -0.39 is 0 Å². The van der Waals surface area contributed by atoms with Crippen LogP contribution in [0.5, 0.6) is 5.75 Å². The largest absolute Gasteiger partial charge is 0.487 e. The van der Waals surface area contributed by atoms with E-state index >= 15 is 0 Å². The molecule has 1 N–H and O–H groups in total. The van der Waals surface area contributed by atoms with Gasteiger partial charge < -0.3 is 9.72 Å². The van der Waals surface area contributed by atoms with E-state index in [2.05, 4.69) is 4.98 Å². The number of aromatic amines is 1. The molecule has 0 saturated heterocycles. The lowest BCUT2D eigenvalue weighted by molar-refractivity contribution is 0.302. The number of fused-ring (bicyclic) bond motifs is 1. The number of H-pyrrole nitrogens is 1. The van der Waals surface area contributed by atoms with Crippen LogP contribution in [0.25, 0.3) is 10.9 Å². The van der Waals surface area contributed by atoms with Gasteiger partial charge in [-0.3, -0.25) is 0 Å². The Hall–Kier alpha value is -2.00. The van der Waals surface area contributed by atoms with Gasteiger partial charge in [-0.15, -0.1) is 0 Å². The van der Waals surface area contributed by atoms with Gasteiger partial charge in [-0.1, -0.05) is 11.6 Å². The summed E-state index contributed by atoms with van der Waals surface area (Å²) in [5.74, 6) is 0.494. The van der Waals surface area contributed by atoms with Crippen LogP contribution in [0, 0.1) is 5.82 Å². The number of aromatic nitrogens is 1. The van der Waals surface area contributed by atoms with E-state index in [1.165, 1.54) is 12.1 Å². The van der Waals surface area contributed by atoms with Gasteiger partial charge in [0.2, 0.25) is 0 Å². The highest BCUT2D eigenvalue weighted by Crippen LogP contribution is 2.19. The Morgan fingerprint density at radius 3 is 2.63 bits per heavy atom. The summed E-state index contributed by atoms with van der Waals surface area (Å²) in [5, 5.41) is 1.64. The minimum absolute atomic E-state index is 0.250. The molecule has 3 rings (SSSR count). The molecule has 0 aliphatic rings. The van der Waals surface area contributed by atoms with Crippen LogP contribution in [0.2, 0.25) is 5.02 Å². The molecule has 0 aliphatic heterocycles. The number of benzene rings is 2. The Labute approximate surface area is 114 Å². The SMILES string of the molecule is Fc1ccc2cc(COc3ccc(Cl)cc3)[nH]c2c1. The van der Waals surface area contributed by atoms with Crippen LogP contribution in [0.4, 0.5) is 4.39 Å². The van der Waals surface area contributed by atoms with Crippen molar-refractivity contribution in [2.45, 2.75) is 6.61 Å². The fourth-order valence-corrected chi connectivity index (χ4v) is 2.06. The van der Waals surface area contributed by atoms with Gasteiger partial charge in [0.25, 0.3) is 0 Å². The molecule has 1 heterocycles. The van der Waals surface area contributed by atoms with Crippen molar-refractivity contribution in [2.24, 2.45) is 0 Å². The molecular formula is C15H11ClFNO. The minimum Gasteiger partial charge on any atom is -0.487 e. The van der Waals surface area contributed by atoms with Crippen molar-refractivity contribution < 1.29 is 9.13 Å². The van der Waals surface area contributed by atoms with Crippen molar-refractivity contribution in [3.8, 4) is 5.75 Å². The van der Waals surface area contributed by atoms with Gasteiger partial charge in [-0.2, -0.15) is 0 Å². The van der Waals surface area contributed by atoms with Crippen LogP contribution in [0.15, 0.2) is 48.5 Å². The number of nitrogens with one attached hydrogen (secondary N) is 1. The molecule has 96 valence electrons. The van der Waals surface area contributed by atoms with Crippen LogP contribution in [0.3, 0.4) is 0 Å². The molecule has 0 bridgehead atoms. The maximum Gasteiger partial charge on any atom is 0.128 e. The zero-order chi connectivity index (χ0) is 13.2. The molecule has 4 heteroatoms. The first kappa shape index (κ1) is 12.1. The molecule has 0 spiro atoms. The molecule has 2 nitrogen and oxygen atoms in total. The van der Waals surface area contributed by atoms with Crippen molar-refractivity contribution in [3.63, 3.8) is 0 Å². The lowest BCUT2D eigenvalue weighted by Gasteiger charge is -2.04. The first-order valence-electron chi connectivity index (χ1n) is 5.86. The summed E-state index contributed by atoms with van der Waals surface area (Å²) >= 11 is 5.80. The monoisotopic (exact) mass is 275 g/mol. The Kier molecular flexibility index (Phi) is 3.13.